The molecular weight excluding hydrogens is 480 g/mol. The van der Waals surface area contributed by atoms with E-state index in [0.717, 1.165) is 38.5 Å². The first-order valence-electron chi connectivity index (χ1n) is 13.1. The molecule has 9 heteroatoms. The molecule has 2 unspecified atom stereocenters. The molecule has 4 amide bonds. The highest BCUT2D eigenvalue weighted by molar-refractivity contribution is 6.34. The summed E-state index contributed by atoms with van der Waals surface area (Å²) >= 11 is 6.42. The second-order valence-electron chi connectivity index (χ2n) is 12.1. The van der Waals surface area contributed by atoms with Crippen LogP contribution in [-0.4, -0.2) is 35.1 Å². The predicted octanol–water partition coefficient (Wildman–Crippen LogP) is 5.40. The van der Waals surface area contributed by atoms with Gasteiger partial charge in [0.1, 0.15) is 0 Å². The predicted molar refractivity (Wildman–Crippen MR) is 139 cm³/mol. The van der Waals surface area contributed by atoms with E-state index in [1.807, 2.05) is 0 Å². The molecule has 8 nitrogen and oxygen atoms in total. The van der Waals surface area contributed by atoms with E-state index in [1.54, 1.807) is 23.7 Å². The van der Waals surface area contributed by atoms with Crippen LogP contribution in [0.1, 0.15) is 94.8 Å². The molecule has 4 aliphatic carbocycles. The van der Waals surface area contributed by atoms with Crippen molar-refractivity contribution in [1.29, 1.82) is 0 Å². The van der Waals surface area contributed by atoms with Gasteiger partial charge in [0.2, 0.25) is 5.91 Å². The van der Waals surface area contributed by atoms with Crippen molar-refractivity contribution < 1.29 is 19.6 Å². The zero-order valence-electron chi connectivity index (χ0n) is 21.3. The van der Waals surface area contributed by atoms with Crippen LogP contribution in [-0.2, 0) is 4.79 Å². The first-order chi connectivity index (χ1) is 17.0. The van der Waals surface area contributed by atoms with E-state index in [1.165, 1.54) is 19.3 Å². The Morgan fingerprint density at radius 1 is 1.00 bits per heavy atom. The first-order valence-corrected chi connectivity index (χ1v) is 13.5. The van der Waals surface area contributed by atoms with Gasteiger partial charge in [0.15, 0.2) is 0 Å². The fourth-order valence-electron chi connectivity index (χ4n) is 7.86. The lowest BCUT2D eigenvalue weighted by molar-refractivity contribution is -0.129. The number of hydrogen-bond donors (Lipinski definition) is 5. The third-order valence-electron chi connectivity index (χ3n) is 8.23. The van der Waals surface area contributed by atoms with Gasteiger partial charge in [-0.1, -0.05) is 38.3 Å². The summed E-state index contributed by atoms with van der Waals surface area (Å²) in [4.78, 5) is 36.4. The van der Waals surface area contributed by atoms with Crippen LogP contribution in [0.25, 0.3) is 0 Å². The van der Waals surface area contributed by atoms with Gasteiger partial charge in [-0.25, -0.2) is 10.3 Å². The highest BCUT2D eigenvalue weighted by atomic mass is 35.5. The third-order valence-corrected chi connectivity index (χ3v) is 8.54. The lowest BCUT2D eigenvalue weighted by Gasteiger charge is -2.65. The van der Waals surface area contributed by atoms with Gasteiger partial charge in [0, 0.05) is 24.1 Å². The number of hydroxylamine groups is 1. The fourth-order valence-corrected chi connectivity index (χ4v) is 8.09. The number of unbranched alkanes of at least 4 members (excludes halogenated alkanes) is 3. The van der Waals surface area contributed by atoms with E-state index >= 15 is 0 Å². The molecule has 36 heavy (non-hydrogen) atoms. The molecule has 1 aromatic carbocycles. The molecule has 4 fully saturated rings. The molecule has 4 saturated carbocycles. The average molecular weight is 519 g/mol. The Labute approximate surface area is 218 Å². The molecule has 0 radical (unpaired) electrons. The van der Waals surface area contributed by atoms with Crippen LogP contribution < -0.4 is 21.4 Å². The zero-order chi connectivity index (χ0) is 26.0. The summed E-state index contributed by atoms with van der Waals surface area (Å²) in [6.07, 6.45) is 10.4. The molecule has 0 aliphatic heterocycles. The third kappa shape index (κ3) is 6.32. The Balaban J connectivity index is 1.24. The van der Waals surface area contributed by atoms with Gasteiger partial charge in [-0.3, -0.25) is 14.8 Å². The number of benzene rings is 1. The van der Waals surface area contributed by atoms with E-state index in [4.69, 9.17) is 16.8 Å². The minimum absolute atomic E-state index is 0.148. The minimum Gasteiger partial charge on any atom is -0.352 e. The lowest BCUT2D eigenvalue weighted by Crippen LogP contribution is -2.65. The fraction of sp³-hybridized carbons (Fsp3) is 0.667. The highest BCUT2D eigenvalue weighted by Crippen LogP contribution is 2.66. The number of rotatable bonds is 10. The highest BCUT2D eigenvalue weighted by Gasteiger charge is 2.60. The van der Waals surface area contributed by atoms with E-state index < -0.39 is 0 Å². The molecular formula is C27H39ClN4O4. The maximum Gasteiger partial charge on any atom is 0.319 e. The van der Waals surface area contributed by atoms with Crippen molar-refractivity contribution in [2.45, 2.75) is 90.0 Å². The summed E-state index contributed by atoms with van der Waals surface area (Å²) in [7, 11) is 0. The van der Waals surface area contributed by atoms with Crippen molar-refractivity contribution in [3.63, 3.8) is 0 Å². The van der Waals surface area contributed by atoms with Crippen molar-refractivity contribution in [3.05, 3.63) is 28.8 Å². The molecule has 5 N–H and O–H groups in total. The van der Waals surface area contributed by atoms with Crippen molar-refractivity contribution in [2.24, 2.45) is 16.7 Å². The normalized spacial score (nSPS) is 30.1. The van der Waals surface area contributed by atoms with Crippen LogP contribution in [0.2, 0.25) is 5.02 Å². The number of halogens is 1. The number of amides is 4. The van der Waals surface area contributed by atoms with Crippen LogP contribution in [0, 0.1) is 16.7 Å². The smallest absolute Gasteiger partial charge is 0.319 e. The van der Waals surface area contributed by atoms with E-state index in [0.29, 0.717) is 52.4 Å². The van der Waals surface area contributed by atoms with E-state index in [2.05, 4.69) is 29.8 Å². The molecule has 5 rings (SSSR count). The molecule has 1 aromatic rings. The second-order valence-corrected chi connectivity index (χ2v) is 12.5. The minimum atomic E-state index is -0.382. The van der Waals surface area contributed by atoms with Crippen molar-refractivity contribution in [3.8, 4) is 0 Å². The van der Waals surface area contributed by atoms with Gasteiger partial charge >= 0.3 is 6.03 Å². The molecule has 0 heterocycles. The van der Waals surface area contributed by atoms with Gasteiger partial charge in [0.05, 0.1) is 10.7 Å². The topological polar surface area (TPSA) is 120 Å². The Morgan fingerprint density at radius 3 is 2.33 bits per heavy atom. The van der Waals surface area contributed by atoms with Crippen LogP contribution >= 0.6 is 11.6 Å². The van der Waals surface area contributed by atoms with Gasteiger partial charge in [0.25, 0.3) is 5.91 Å². The molecule has 4 atom stereocenters. The summed E-state index contributed by atoms with van der Waals surface area (Å²) in [5.41, 5.74) is 3.01. The number of anilines is 1. The standard InChI is InChI=1S/C27H39ClN4O4/c1-25-12-18-13-26(2,15-25)17-27(14-18,16-25)31-24(35)30-21-9-8-19(11-20(21)28)23(34)29-10-6-4-3-5-7-22(33)32-36/h8-9,11,18,36H,3-7,10,12-17H2,1-2H3,(H,29,34)(H,32,33)(H2,30,31,35)/t18?,25-,26+,27?. The van der Waals surface area contributed by atoms with E-state index in [9.17, 15) is 14.4 Å². The van der Waals surface area contributed by atoms with E-state index in [-0.39, 0.29) is 23.4 Å². The van der Waals surface area contributed by atoms with Gasteiger partial charge in [-0.15, -0.1) is 0 Å². The Kier molecular flexibility index (Phi) is 7.86. The Hall–Kier alpha value is -2.32. The number of nitrogens with one attached hydrogen (secondary N) is 4. The van der Waals surface area contributed by atoms with Crippen molar-refractivity contribution in [2.75, 3.05) is 11.9 Å². The Bertz CT molecular complexity index is 997. The zero-order valence-corrected chi connectivity index (χ0v) is 22.1. The molecule has 4 aliphatic rings. The Morgan fingerprint density at radius 2 is 1.69 bits per heavy atom. The lowest BCUT2D eigenvalue weighted by atomic mass is 9.43. The maximum absolute atomic E-state index is 13.0. The largest absolute Gasteiger partial charge is 0.352 e. The second kappa shape index (κ2) is 10.6. The average Bonchev–Trinajstić information content (AvgIpc) is 2.76. The summed E-state index contributed by atoms with van der Waals surface area (Å²) in [5, 5.41) is 17.9. The van der Waals surface area contributed by atoms with Crippen LogP contribution in [0.5, 0.6) is 0 Å². The monoisotopic (exact) mass is 518 g/mol. The first kappa shape index (κ1) is 26.7. The van der Waals surface area contributed by atoms with Gasteiger partial charge in [-0.2, -0.15) is 0 Å². The van der Waals surface area contributed by atoms with Gasteiger partial charge in [-0.05, 0) is 86.3 Å². The quantitative estimate of drug-likeness (QED) is 0.162. The molecule has 0 aromatic heterocycles. The number of hydrogen-bond acceptors (Lipinski definition) is 4. The number of carbonyl (C=O) groups is 3. The summed E-state index contributed by atoms with van der Waals surface area (Å²) in [6.45, 7) is 5.28. The molecule has 198 valence electrons. The molecule has 4 bridgehead atoms. The maximum atomic E-state index is 13.0. The van der Waals surface area contributed by atoms with Gasteiger partial charge < -0.3 is 16.0 Å². The molecule has 0 saturated heterocycles. The summed E-state index contributed by atoms with van der Waals surface area (Å²) < 4.78 is 0. The van der Waals surface area contributed by atoms with Crippen molar-refractivity contribution >= 4 is 35.1 Å². The van der Waals surface area contributed by atoms with Crippen LogP contribution in [0.15, 0.2) is 18.2 Å². The summed E-state index contributed by atoms with van der Waals surface area (Å²) in [5.74, 6) is 0.0837. The van der Waals surface area contributed by atoms with Crippen molar-refractivity contribution in [1.82, 2.24) is 16.1 Å². The van der Waals surface area contributed by atoms with Crippen LogP contribution in [0.3, 0.4) is 0 Å². The molecule has 0 spiro atoms. The summed E-state index contributed by atoms with van der Waals surface area (Å²) in [6, 6.07) is 4.68. The number of carbonyl (C=O) groups excluding carboxylic acids is 3. The number of urea groups is 1. The van der Waals surface area contributed by atoms with Crippen LogP contribution in [0.4, 0.5) is 10.5 Å². The SMILES string of the molecule is C[C@]12CC3CC(NC(=O)Nc4ccc(C(=O)NCCCCCCC(=O)NO)cc4Cl)(C1)C[C@@](C)(C3)C2.